The van der Waals surface area contributed by atoms with Gasteiger partial charge in [-0.3, -0.25) is 0 Å². The number of quaternary nitrogens is 1. The van der Waals surface area contributed by atoms with Crippen LogP contribution in [0.1, 0.15) is 62.9 Å². The van der Waals surface area contributed by atoms with Crippen molar-refractivity contribution in [1.82, 2.24) is 4.48 Å². The first-order chi connectivity index (χ1) is 13.6. The molecule has 1 saturated heterocycles. The number of allylic oxidation sites excluding steroid dienone is 1. The Bertz CT molecular complexity index is 853. The molecule has 0 saturated carbocycles. The van der Waals surface area contributed by atoms with Crippen LogP contribution in [-0.4, -0.2) is 40.8 Å². The summed E-state index contributed by atoms with van der Waals surface area (Å²) in [5.41, 5.74) is 2.07. The van der Waals surface area contributed by atoms with Crippen LogP contribution in [0.25, 0.3) is 5.57 Å². The number of fused-ring (bicyclic) bond motifs is 1. The Hall–Kier alpha value is -1.31. The maximum Gasteiger partial charge on any atom is 0.524 e. The van der Waals surface area contributed by atoms with Gasteiger partial charge in [0, 0.05) is 15.6 Å². The van der Waals surface area contributed by atoms with Crippen molar-refractivity contribution in [2.45, 2.75) is 52.5 Å². The van der Waals surface area contributed by atoms with Gasteiger partial charge in [0.25, 0.3) is 0 Å². The normalized spacial score (nSPS) is 24.4. The van der Waals surface area contributed by atoms with Crippen molar-refractivity contribution >= 4 is 51.0 Å². The molecule has 2 aliphatic heterocycles. The lowest BCUT2D eigenvalue weighted by Gasteiger charge is -2.39. The predicted molar refractivity (Wildman–Crippen MR) is 122 cm³/mol. The second-order valence-electron chi connectivity index (χ2n) is 8.57. The fraction of sp³-hybridized carbons (Fsp3) is 0.545. The molecule has 3 rings (SSSR count). The van der Waals surface area contributed by atoms with Crippen LogP contribution in [-0.2, 0) is 4.74 Å². The Morgan fingerprint density at radius 3 is 2.62 bits per heavy atom. The zero-order valence-corrected chi connectivity index (χ0v) is 19.9. The highest BCUT2D eigenvalue weighted by atomic mass is 79.9. The van der Waals surface area contributed by atoms with E-state index in [1.807, 2.05) is 44.8 Å². The third-order valence-electron chi connectivity index (χ3n) is 5.82. The molecule has 29 heavy (non-hydrogen) atoms. The number of carbonyl (C=O) groups is 2. The molecule has 1 aromatic carbocycles. The van der Waals surface area contributed by atoms with Gasteiger partial charge >= 0.3 is 12.1 Å². The molecule has 1 fully saturated rings. The van der Waals surface area contributed by atoms with Crippen molar-refractivity contribution in [3.05, 3.63) is 33.9 Å². The van der Waals surface area contributed by atoms with Gasteiger partial charge < -0.3 is 9.84 Å². The van der Waals surface area contributed by atoms with Crippen LogP contribution in [0.5, 0.6) is 0 Å². The molecular formula is C22H29BrNO4S+. The summed E-state index contributed by atoms with van der Waals surface area (Å²) in [6.07, 6.45) is 4.07. The van der Waals surface area contributed by atoms with E-state index < -0.39 is 22.1 Å². The Labute approximate surface area is 185 Å². The zero-order valence-electron chi connectivity index (χ0n) is 17.5. The van der Waals surface area contributed by atoms with Crippen LogP contribution in [0.4, 0.5) is 10.5 Å². The highest BCUT2D eigenvalue weighted by molar-refractivity contribution is 9.10. The van der Waals surface area contributed by atoms with E-state index in [0.29, 0.717) is 11.3 Å². The maximum atomic E-state index is 12.9. The molecule has 0 aliphatic carbocycles. The molecule has 0 aromatic heterocycles. The quantitative estimate of drug-likeness (QED) is 0.404. The van der Waals surface area contributed by atoms with Gasteiger partial charge in [0.1, 0.15) is 17.3 Å². The molecule has 2 heterocycles. The molecule has 1 N–H and O–H groups in total. The number of amides is 1. The minimum atomic E-state index is -0.982. The van der Waals surface area contributed by atoms with Crippen molar-refractivity contribution in [3.63, 3.8) is 0 Å². The summed E-state index contributed by atoms with van der Waals surface area (Å²) in [6, 6.07) is 3.66. The van der Waals surface area contributed by atoms with Crippen LogP contribution in [0, 0.1) is 5.92 Å². The van der Waals surface area contributed by atoms with Gasteiger partial charge in [0.2, 0.25) is 0 Å². The van der Waals surface area contributed by atoms with Gasteiger partial charge in [-0.05, 0) is 76.5 Å². The van der Waals surface area contributed by atoms with E-state index in [9.17, 15) is 14.7 Å². The second-order valence-corrected chi connectivity index (χ2v) is 10.7. The van der Waals surface area contributed by atoms with Gasteiger partial charge in [-0.2, -0.15) is 21.0 Å². The topological polar surface area (TPSA) is 63.6 Å². The number of hydrogen-bond acceptors (Lipinski definition) is 4. The molecular weight excluding hydrogens is 454 g/mol. The number of thioether (sulfide) groups is 1. The lowest BCUT2D eigenvalue weighted by molar-refractivity contribution is 0.0523. The molecule has 1 amide bonds. The number of ether oxygens (including phenoxy) is 1. The lowest BCUT2D eigenvalue weighted by Crippen LogP contribution is -2.60. The maximum absolute atomic E-state index is 12.9. The van der Waals surface area contributed by atoms with E-state index in [1.165, 1.54) is 0 Å². The number of halogens is 1. The fourth-order valence-electron chi connectivity index (χ4n) is 4.41. The zero-order chi connectivity index (χ0) is 21.4. The van der Waals surface area contributed by atoms with Crippen molar-refractivity contribution in [2.24, 2.45) is 5.92 Å². The number of rotatable bonds is 3. The molecule has 158 valence electrons. The molecule has 0 radical (unpaired) electrons. The van der Waals surface area contributed by atoms with Crippen molar-refractivity contribution in [2.75, 3.05) is 18.1 Å². The summed E-state index contributed by atoms with van der Waals surface area (Å²) < 4.78 is 5.66. The summed E-state index contributed by atoms with van der Waals surface area (Å²) in [6.45, 7) is 7.72. The van der Waals surface area contributed by atoms with E-state index in [1.54, 1.807) is 13.0 Å². The second kappa shape index (κ2) is 8.44. The SMILES string of the molecule is CCOC(=O)c1cc(Br)cc2c1[N+](C(=O)O)(C(C)(C)C)C=C2C1CCCSCC1. The van der Waals surface area contributed by atoms with Gasteiger partial charge in [-0.15, -0.1) is 0 Å². The van der Waals surface area contributed by atoms with Gasteiger partial charge in [0.05, 0.1) is 6.61 Å². The van der Waals surface area contributed by atoms with E-state index >= 15 is 0 Å². The molecule has 1 aromatic rings. The highest BCUT2D eigenvalue weighted by Crippen LogP contribution is 2.52. The van der Waals surface area contributed by atoms with Gasteiger partial charge in [-0.25, -0.2) is 4.79 Å². The molecule has 0 spiro atoms. The number of esters is 1. The summed E-state index contributed by atoms with van der Waals surface area (Å²) in [5.74, 6) is 2.01. The molecule has 2 unspecified atom stereocenters. The van der Waals surface area contributed by atoms with Crippen LogP contribution < -0.4 is 4.48 Å². The number of carbonyl (C=O) groups excluding carboxylic acids is 1. The van der Waals surface area contributed by atoms with Crippen LogP contribution in [0.3, 0.4) is 0 Å². The Morgan fingerprint density at radius 2 is 2.00 bits per heavy atom. The van der Waals surface area contributed by atoms with Crippen LogP contribution >= 0.6 is 27.7 Å². The third kappa shape index (κ3) is 3.89. The predicted octanol–water partition coefficient (Wildman–Crippen LogP) is 6.30. The van der Waals surface area contributed by atoms with E-state index in [0.717, 1.165) is 46.4 Å². The Balaban J connectivity index is 2.32. The number of nitrogens with zero attached hydrogens (tertiary/aromatic N) is 1. The van der Waals surface area contributed by atoms with Crippen molar-refractivity contribution in [3.8, 4) is 0 Å². The third-order valence-corrected chi connectivity index (χ3v) is 7.38. The molecule has 7 heteroatoms. The first kappa shape index (κ1) is 22.4. The largest absolute Gasteiger partial charge is 0.524 e. The van der Waals surface area contributed by atoms with Crippen molar-refractivity contribution < 1.29 is 19.4 Å². The monoisotopic (exact) mass is 482 g/mol. The average molecular weight is 483 g/mol. The van der Waals surface area contributed by atoms with E-state index in [-0.39, 0.29) is 12.5 Å². The molecule has 2 aliphatic rings. The first-order valence-corrected chi connectivity index (χ1v) is 12.0. The number of benzene rings is 1. The summed E-state index contributed by atoms with van der Waals surface area (Å²) >= 11 is 5.49. The van der Waals surface area contributed by atoms with Gasteiger partial charge in [-0.1, -0.05) is 15.9 Å². The smallest absolute Gasteiger partial charge is 0.462 e. The lowest BCUT2D eigenvalue weighted by atomic mass is 9.87. The van der Waals surface area contributed by atoms with Crippen LogP contribution in [0.2, 0.25) is 0 Å². The Kier molecular flexibility index (Phi) is 6.51. The molecule has 0 bridgehead atoms. The van der Waals surface area contributed by atoms with E-state index in [2.05, 4.69) is 15.9 Å². The standard InChI is InChI=1S/C22H28BrNO4S/c1-5-28-20(25)17-12-15(23)11-16-18(14-7-6-9-29-10-8-14)13-24(19(16)17,21(26)27)22(2,3)4/h11-14H,5-10H2,1-4H3/p+1. The van der Waals surface area contributed by atoms with Crippen LogP contribution in [0.15, 0.2) is 22.8 Å². The summed E-state index contributed by atoms with van der Waals surface area (Å²) in [4.78, 5) is 25.7. The average Bonchev–Trinajstić information content (AvgIpc) is 2.78. The Morgan fingerprint density at radius 1 is 1.28 bits per heavy atom. The minimum Gasteiger partial charge on any atom is -0.462 e. The first-order valence-electron chi connectivity index (χ1n) is 10.1. The highest BCUT2D eigenvalue weighted by Gasteiger charge is 2.57. The van der Waals surface area contributed by atoms with E-state index in [4.69, 9.17) is 4.74 Å². The fourth-order valence-corrected chi connectivity index (χ4v) is 5.90. The molecule has 5 nitrogen and oxygen atoms in total. The summed E-state index contributed by atoms with van der Waals surface area (Å²) in [7, 11) is 0. The number of hydrogen-bond donors (Lipinski definition) is 1. The number of carboxylic acid groups (broad SMARTS) is 1. The molecule has 2 atom stereocenters. The summed E-state index contributed by atoms with van der Waals surface area (Å²) in [5, 5.41) is 10.5. The van der Waals surface area contributed by atoms with Gasteiger partial charge in [0.15, 0.2) is 5.69 Å². The minimum absolute atomic E-state index is 0.239. The van der Waals surface area contributed by atoms with Crippen molar-refractivity contribution in [1.29, 1.82) is 0 Å².